The molecule has 0 spiro atoms. The van der Waals surface area contributed by atoms with E-state index in [2.05, 4.69) is 40.0 Å². The normalized spacial score (nSPS) is 38.1. The molecule has 0 amide bonds. The highest BCUT2D eigenvalue weighted by molar-refractivity contribution is 6.23. The summed E-state index contributed by atoms with van der Waals surface area (Å²) in [6.45, 7) is 6.53. The highest BCUT2D eigenvalue weighted by atomic mass is 16.7. The molecule has 3 saturated carbocycles. The first-order valence-corrected chi connectivity index (χ1v) is 20.4. The number of esters is 1. The predicted octanol–water partition coefficient (Wildman–Crippen LogP) is 0.0782. The Hall–Kier alpha value is -2.60. The summed E-state index contributed by atoms with van der Waals surface area (Å²) in [5.74, 6) is 0.319. The van der Waals surface area contributed by atoms with Crippen molar-refractivity contribution in [1.29, 1.82) is 0 Å². The summed E-state index contributed by atoms with van der Waals surface area (Å²) in [7, 11) is 1.79. The average Bonchev–Trinajstić information content (AvgIpc) is 3.86. The third kappa shape index (κ3) is 8.02. The van der Waals surface area contributed by atoms with Crippen LogP contribution in [0.3, 0.4) is 0 Å². The molecule has 5 fully saturated rings. The Labute approximate surface area is 304 Å². The van der Waals surface area contributed by atoms with Gasteiger partial charge in [-0.05, 0) is 57.4 Å². The number of carbonyl (C=O) groups excluding carboxylic acids is 3. The minimum atomic E-state index is -1.84. The Morgan fingerprint density at radius 3 is 2.53 bits per heavy atom. The van der Waals surface area contributed by atoms with E-state index in [0.717, 1.165) is 63.1 Å². The number of Topliss-reactive ketones (excluding diaryl/α,β-unsaturated/α-hetero) is 2. The second kappa shape index (κ2) is 16.6. The molecule has 4 unspecified atom stereocenters. The number of guanidine groups is 1. The van der Waals surface area contributed by atoms with Crippen molar-refractivity contribution in [3.63, 3.8) is 0 Å². The van der Waals surface area contributed by atoms with Crippen LogP contribution in [0, 0.1) is 35.5 Å². The molecule has 2 aliphatic heterocycles. The maximum Gasteiger partial charge on any atom is 0.350 e. The molecule has 6 aliphatic rings. The standard InChI is InChI=1S/C40H64N6O5/c1-4-26-14-15-32(45-23-27-10-6-5-7-11-27)29(21-26)24-50-37(49)40-36(48)31-13-9-8-12-30(31)35(47)39(40,51-40)18-16-25(2)20-33(46-38(42)43-3)28-17-19-44-34(41)22-28/h14-16,26-34,44-45H,4-13,17-24,41H2,1-3H3,(H3,42,43,46)/p+3/t26-,28?,29-,30?,31?,32+,33+,34?,39-,40-/m0/s1. The van der Waals surface area contributed by atoms with E-state index in [-0.39, 0.29) is 48.8 Å². The lowest BCUT2D eigenvalue weighted by atomic mass is 9.61. The lowest BCUT2D eigenvalue weighted by molar-refractivity contribution is -0.699. The highest BCUT2D eigenvalue weighted by Gasteiger charge is 2.86. The summed E-state index contributed by atoms with van der Waals surface area (Å²) in [5.41, 5.74) is 10.2. The number of hydrogen-bond acceptors (Lipinski definition) is 6. The molecular weight excluding hydrogens is 644 g/mol. The SMILES string of the molecule is CC[C@H]1C=C[C@@H]([NH2+]CC2CCCCC2)[C@H](COC(=O)[C@]23O[C@@]2(CC=C(C)C[C@@H](NC(N)=[NH+]C)C2CC[NH2+]C(N)C2)C(=O)C2CCCCC2C3=O)C1. The fourth-order valence-electron chi connectivity index (χ4n) is 10.3. The van der Waals surface area contributed by atoms with Gasteiger partial charge in [0.15, 0.2) is 17.2 Å². The zero-order chi connectivity index (χ0) is 36.2. The van der Waals surface area contributed by atoms with Gasteiger partial charge in [-0.25, -0.2) is 4.79 Å². The minimum absolute atomic E-state index is 0.0477. The summed E-state index contributed by atoms with van der Waals surface area (Å²) >= 11 is 0. The molecule has 10 N–H and O–H groups in total. The van der Waals surface area contributed by atoms with Gasteiger partial charge in [0.1, 0.15) is 18.8 Å². The second-order valence-electron chi connectivity index (χ2n) is 16.9. The van der Waals surface area contributed by atoms with Crippen LogP contribution in [0.25, 0.3) is 0 Å². The van der Waals surface area contributed by atoms with Crippen LogP contribution < -0.4 is 32.4 Å². The summed E-state index contributed by atoms with van der Waals surface area (Å²) in [5, 5.41) is 8.08. The van der Waals surface area contributed by atoms with Crippen molar-refractivity contribution in [1.82, 2.24) is 5.32 Å². The number of epoxide rings is 1. The fraction of sp³-hybridized carbons (Fsp3) is 0.800. The first kappa shape index (κ1) is 38.1. The number of quaternary nitrogens is 2. The van der Waals surface area contributed by atoms with Crippen molar-refractivity contribution < 1.29 is 39.5 Å². The number of piperidine rings is 1. The van der Waals surface area contributed by atoms with Gasteiger partial charge in [-0.15, -0.1) is 0 Å². The Morgan fingerprint density at radius 1 is 1.10 bits per heavy atom. The molecule has 11 heteroatoms. The number of nitrogens with two attached hydrogens (primary N) is 4. The van der Waals surface area contributed by atoms with E-state index in [1.807, 2.05) is 13.0 Å². The van der Waals surface area contributed by atoms with Crippen LogP contribution in [-0.4, -0.2) is 79.7 Å². The first-order valence-electron chi connectivity index (χ1n) is 20.4. The van der Waals surface area contributed by atoms with Gasteiger partial charge in [-0.2, -0.15) is 0 Å². The Kier molecular flexibility index (Phi) is 12.4. The molecule has 4 aliphatic carbocycles. The third-order valence-electron chi connectivity index (χ3n) is 13.5. The zero-order valence-corrected chi connectivity index (χ0v) is 31.5. The number of fused-ring (bicyclic) bond motifs is 2. The smallest absolute Gasteiger partial charge is 0.350 e. The van der Waals surface area contributed by atoms with E-state index in [1.54, 1.807) is 7.05 Å². The molecule has 10 atom stereocenters. The van der Waals surface area contributed by atoms with Crippen LogP contribution in [0.2, 0.25) is 0 Å². The molecule has 0 bridgehead atoms. The third-order valence-corrected chi connectivity index (χ3v) is 13.5. The van der Waals surface area contributed by atoms with Crippen LogP contribution in [0.5, 0.6) is 0 Å². The van der Waals surface area contributed by atoms with Gasteiger partial charge in [0.25, 0.3) is 5.60 Å². The number of ketones is 2. The average molecular weight is 712 g/mol. The maximum atomic E-state index is 14.4. The van der Waals surface area contributed by atoms with Gasteiger partial charge < -0.3 is 20.1 Å². The van der Waals surface area contributed by atoms with Gasteiger partial charge >= 0.3 is 11.9 Å². The van der Waals surface area contributed by atoms with Crippen molar-refractivity contribution in [3.05, 3.63) is 23.8 Å². The molecule has 2 heterocycles. The van der Waals surface area contributed by atoms with Crippen LogP contribution in [0.1, 0.15) is 110 Å². The number of hydrogen-bond donors (Lipinski definition) is 6. The van der Waals surface area contributed by atoms with Gasteiger partial charge in [0.05, 0.1) is 26.2 Å². The highest BCUT2D eigenvalue weighted by Crippen LogP contribution is 2.61. The van der Waals surface area contributed by atoms with Crippen molar-refractivity contribution in [3.8, 4) is 0 Å². The monoisotopic (exact) mass is 712 g/mol. The van der Waals surface area contributed by atoms with Crippen LogP contribution in [0.4, 0.5) is 0 Å². The minimum Gasteiger partial charge on any atom is -0.463 e. The lowest BCUT2D eigenvalue weighted by Crippen LogP contribution is -2.95. The number of carbonyl (C=O) groups is 3. The van der Waals surface area contributed by atoms with E-state index in [0.29, 0.717) is 37.1 Å². The molecule has 0 radical (unpaired) electrons. The molecule has 51 heavy (non-hydrogen) atoms. The van der Waals surface area contributed by atoms with E-state index in [9.17, 15) is 14.4 Å². The van der Waals surface area contributed by atoms with Gasteiger partial charge in [-0.1, -0.05) is 56.8 Å². The van der Waals surface area contributed by atoms with Crippen molar-refractivity contribution in [2.75, 3.05) is 26.7 Å². The number of nitrogens with one attached hydrogen (secondary N) is 2. The summed E-state index contributed by atoms with van der Waals surface area (Å²) in [6, 6.07) is 0.279. The molecule has 0 aromatic rings. The number of allylic oxidation sites excluding steroid dienone is 1. The zero-order valence-electron chi connectivity index (χ0n) is 31.5. The summed E-state index contributed by atoms with van der Waals surface area (Å²) < 4.78 is 12.5. The van der Waals surface area contributed by atoms with Gasteiger partial charge in [0.2, 0.25) is 0 Å². The van der Waals surface area contributed by atoms with Crippen LogP contribution in [0.15, 0.2) is 23.8 Å². The van der Waals surface area contributed by atoms with Crippen LogP contribution in [-0.2, 0) is 23.9 Å². The Bertz CT molecular complexity index is 1360. The van der Waals surface area contributed by atoms with E-state index in [1.165, 1.54) is 32.1 Å². The van der Waals surface area contributed by atoms with Crippen molar-refractivity contribution >= 4 is 23.5 Å². The van der Waals surface area contributed by atoms with Crippen LogP contribution >= 0.6 is 0 Å². The summed E-state index contributed by atoms with van der Waals surface area (Å²) in [4.78, 5) is 46.0. The molecule has 11 nitrogen and oxygen atoms in total. The van der Waals surface area contributed by atoms with Crippen molar-refractivity contribution in [2.24, 2.45) is 47.0 Å². The van der Waals surface area contributed by atoms with Crippen molar-refractivity contribution in [2.45, 2.75) is 140 Å². The Morgan fingerprint density at radius 2 is 1.82 bits per heavy atom. The molecule has 6 rings (SSSR count). The number of ether oxygens (including phenoxy) is 2. The quantitative estimate of drug-likeness (QED) is 0.0388. The summed E-state index contributed by atoms with van der Waals surface area (Å²) in [6.07, 6.45) is 21.1. The topological polar surface area (TPSA) is 184 Å². The molecule has 0 aromatic heterocycles. The molecule has 2 saturated heterocycles. The van der Waals surface area contributed by atoms with E-state index >= 15 is 0 Å². The second-order valence-corrected chi connectivity index (χ2v) is 16.9. The molecule has 0 aromatic carbocycles. The van der Waals surface area contributed by atoms with Gasteiger partial charge in [-0.3, -0.25) is 31.4 Å². The fourth-order valence-corrected chi connectivity index (χ4v) is 10.3. The van der Waals surface area contributed by atoms with E-state index < -0.39 is 29.0 Å². The van der Waals surface area contributed by atoms with Gasteiger partial charge in [0, 0.05) is 55.3 Å². The predicted molar refractivity (Wildman–Crippen MR) is 195 cm³/mol. The maximum absolute atomic E-state index is 14.4. The Balaban J connectivity index is 1.18. The first-order chi connectivity index (χ1) is 24.6. The van der Waals surface area contributed by atoms with E-state index in [4.69, 9.17) is 20.9 Å². The molecule has 284 valence electrons. The lowest BCUT2D eigenvalue weighted by Gasteiger charge is -2.37. The molecular formula is C40H67N6O5+3. The number of rotatable bonds is 13. The largest absolute Gasteiger partial charge is 0.463 e.